The normalized spacial score (nSPS) is 11.1. The summed E-state index contributed by atoms with van der Waals surface area (Å²) in [6, 6.07) is 18.7. The number of carbonyl (C=O) groups is 1. The first kappa shape index (κ1) is 32.8. The van der Waals surface area contributed by atoms with Crippen LogP contribution in [0.3, 0.4) is 0 Å². The van der Waals surface area contributed by atoms with Crippen LogP contribution < -0.4 is 30.3 Å². The predicted molar refractivity (Wildman–Crippen MR) is 181 cm³/mol. The third-order valence-electron chi connectivity index (χ3n) is 6.75. The van der Waals surface area contributed by atoms with E-state index in [0.717, 1.165) is 17.8 Å². The molecule has 0 radical (unpaired) electrons. The zero-order valence-corrected chi connectivity index (χ0v) is 26.8. The van der Waals surface area contributed by atoms with Gasteiger partial charge in [-0.15, -0.1) is 0 Å². The molecule has 4 aromatic rings. The first-order valence-corrected chi connectivity index (χ1v) is 15.5. The summed E-state index contributed by atoms with van der Waals surface area (Å²) in [6.07, 6.45) is 2.85. The Labute approximate surface area is 264 Å². The Morgan fingerprint density at radius 2 is 1.62 bits per heavy atom. The summed E-state index contributed by atoms with van der Waals surface area (Å²) >= 11 is 0. The number of para-hydroxylation sites is 2. The monoisotopic (exact) mass is 630 g/mol. The average Bonchev–Trinajstić information content (AvgIpc) is 3.02. The van der Waals surface area contributed by atoms with E-state index in [9.17, 15) is 13.2 Å². The molecule has 0 saturated carbocycles. The van der Waals surface area contributed by atoms with Gasteiger partial charge in [0.25, 0.3) is 10.0 Å². The van der Waals surface area contributed by atoms with Crippen LogP contribution in [0, 0.1) is 6.92 Å². The van der Waals surface area contributed by atoms with Crippen molar-refractivity contribution in [1.29, 1.82) is 0 Å². The SMILES string of the molecule is C=CC(=O)Nc1cc(Nc2ncc(C)c(Nc3ccccc3NS(=O)(=O)c3ccccc3)n2)c(OC)cc1N(C)CCN(C)C. The molecular formula is C32H38N8O4S. The number of ether oxygens (including phenoxy) is 1. The number of sulfonamides is 1. The molecule has 0 spiro atoms. The maximum Gasteiger partial charge on any atom is 0.261 e. The highest BCUT2D eigenvalue weighted by molar-refractivity contribution is 7.92. The summed E-state index contributed by atoms with van der Waals surface area (Å²) in [5.41, 5.74) is 3.41. The van der Waals surface area contributed by atoms with Crippen LogP contribution in [0.5, 0.6) is 5.75 Å². The van der Waals surface area contributed by atoms with Crippen molar-refractivity contribution in [3.63, 3.8) is 0 Å². The van der Waals surface area contributed by atoms with E-state index < -0.39 is 10.0 Å². The lowest BCUT2D eigenvalue weighted by molar-refractivity contribution is -0.111. The number of carbonyl (C=O) groups excluding carboxylic acids is 1. The molecule has 1 amide bonds. The van der Waals surface area contributed by atoms with Crippen LogP contribution in [-0.2, 0) is 14.8 Å². The molecule has 0 aliphatic carbocycles. The first-order valence-electron chi connectivity index (χ1n) is 14.1. The van der Waals surface area contributed by atoms with Crippen molar-refractivity contribution in [3.8, 4) is 5.75 Å². The van der Waals surface area contributed by atoms with Crippen LogP contribution in [0.4, 0.5) is 40.2 Å². The van der Waals surface area contributed by atoms with Crippen LogP contribution >= 0.6 is 0 Å². The molecular weight excluding hydrogens is 592 g/mol. The lowest BCUT2D eigenvalue weighted by Gasteiger charge is -2.26. The van der Waals surface area contributed by atoms with Gasteiger partial charge in [0.15, 0.2) is 0 Å². The number of nitrogens with zero attached hydrogens (tertiary/aromatic N) is 4. The minimum absolute atomic E-state index is 0.150. The number of nitrogens with one attached hydrogen (secondary N) is 4. The lowest BCUT2D eigenvalue weighted by atomic mass is 10.2. The van der Waals surface area contributed by atoms with Gasteiger partial charge in [-0.2, -0.15) is 4.98 Å². The van der Waals surface area contributed by atoms with Crippen molar-refractivity contribution >= 4 is 56.1 Å². The second kappa shape index (κ2) is 14.6. The number of hydrogen-bond acceptors (Lipinski definition) is 10. The van der Waals surface area contributed by atoms with Crippen molar-refractivity contribution in [2.24, 2.45) is 0 Å². The molecule has 0 atom stereocenters. The van der Waals surface area contributed by atoms with Gasteiger partial charge in [-0.3, -0.25) is 9.52 Å². The summed E-state index contributed by atoms with van der Waals surface area (Å²) in [7, 11) is 3.67. The van der Waals surface area contributed by atoms with Gasteiger partial charge in [0.1, 0.15) is 11.6 Å². The van der Waals surface area contributed by atoms with Crippen molar-refractivity contribution in [2.75, 3.05) is 66.9 Å². The molecule has 0 bridgehead atoms. The average molecular weight is 631 g/mol. The molecule has 0 saturated heterocycles. The number of benzene rings is 3. The number of hydrogen-bond donors (Lipinski definition) is 4. The first-order chi connectivity index (χ1) is 21.5. The lowest BCUT2D eigenvalue weighted by Crippen LogP contribution is -2.29. The third-order valence-corrected chi connectivity index (χ3v) is 8.13. The number of likely N-dealkylation sites (N-methyl/N-ethyl adjacent to an activating group) is 2. The highest BCUT2D eigenvalue weighted by Gasteiger charge is 2.18. The van der Waals surface area contributed by atoms with Gasteiger partial charge in [-0.1, -0.05) is 36.9 Å². The standard InChI is InChI=1S/C32H38N8O4S/c1-7-30(41)34-26-19-27(29(44-6)20-28(26)40(5)18-17-39(3)4)36-32-33-21-22(2)31(37-32)35-24-15-11-12-16-25(24)38-45(42,43)23-13-9-8-10-14-23/h7-16,19-21,38H,1,17-18H2,2-6H3,(H,34,41)(H2,33,35,36,37). The highest BCUT2D eigenvalue weighted by atomic mass is 32.2. The number of methoxy groups -OCH3 is 1. The summed E-state index contributed by atoms with van der Waals surface area (Å²) in [5, 5.41) is 9.31. The number of rotatable bonds is 14. The molecule has 0 unspecified atom stereocenters. The minimum Gasteiger partial charge on any atom is -0.494 e. The zero-order valence-electron chi connectivity index (χ0n) is 26.0. The summed E-state index contributed by atoms with van der Waals surface area (Å²) in [6.45, 7) is 6.92. The molecule has 236 valence electrons. The summed E-state index contributed by atoms with van der Waals surface area (Å²) < 4.78 is 34.4. The molecule has 1 heterocycles. The summed E-state index contributed by atoms with van der Waals surface area (Å²) in [4.78, 5) is 25.7. The van der Waals surface area contributed by atoms with Gasteiger partial charge < -0.3 is 30.5 Å². The van der Waals surface area contributed by atoms with E-state index >= 15 is 0 Å². The molecule has 0 fully saturated rings. The van der Waals surface area contributed by atoms with Crippen molar-refractivity contribution in [3.05, 3.63) is 91.1 Å². The van der Waals surface area contributed by atoms with Crippen LogP contribution in [0.2, 0.25) is 0 Å². The van der Waals surface area contributed by atoms with E-state index in [-0.39, 0.29) is 16.8 Å². The fraction of sp³-hybridized carbons (Fsp3) is 0.219. The number of aryl methyl sites for hydroxylation is 1. The zero-order chi connectivity index (χ0) is 32.6. The Balaban J connectivity index is 1.64. The van der Waals surface area contributed by atoms with Crippen LogP contribution in [0.15, 0.2) is 90.5 Å². The van der Waals surface area contributed by atoms with Gasteiger partial charge in [-0.25, -0.2) is 13.4 Å². The molecule has 0 aliphatic heterocycles. The maximum atomic E-state index is 13.0. The maximum absolute atomic E-state index is 13.0. The van der Waals surface area contributed by atoms with Gasteiger partial charge >= 0.3 is 0 Å². The molecule has 45 heavy (non-hydrogen) atoms. The van der Waals surface area contributed by atoms with E-state index in [1.54, 1.807) is 61.8 Å². The van der Waals surface area contributed by atoms with E-state index in [4.69, 9.17) is 4.74 Å². The van der Waals surface area contributed by atoms with Gasteiger partial charge in [0.05, 0.1) is 40.4 Å². The van der Waals surface area contributed by atoms with Crippen molar-refractivity contribution < 1.29 is 17.9 Å². The highest BCUT2D eigenvalue weighted by Crippen LogP contribution is 2.38. The smallest absolute Gasteiger partial charge is 0.261 e. The Kier molecular flexibility index (Phi) is 10.6. The van der Waals surface area contributed by atoms with Crippen molar-refractivity contribution in [2.45, 2.75) is 11.8 Å². The molecule has 12 nitrogen and oxygen atoms in total. The topological polar surface area (TPSA) is 141 Å². The minimum atomic E-state index is -3.82. The largest absolute Gasteiger partial charge is 0.494 e. The fourth-order valence-corrected chi connectivity index (χ4v) is 5.37. The Bertz CT molecular complexity index is 1760. The van der Waals surface area contributed by atoms with Gasteiger partial charge in [0, 0.05) is 38.0 Å². The Hall–Kier alpha value is -5.14. The number of amides is 1. The Morgan fingerprint density at radius 3 is 2.29 bits per heavy atom. The second-order valence-corrected chi connectivity index (χ2v) is 12.1. The number of anilines is 7. The molecule has 0 aliphatic rings. The third kappa shape index (κ3) is 8.49. The van der Waals surface area contributed by atoms with E-state index in [1.807, 2.05) is 39.0 Å². The van der Waals surface area contributed by atoms with E-state index in [2.05, 4.69) is 42.1 Å². The Morgan fingerprint density at radius 1 is 0.933 bits per heavy atom. The second-order valence-electron chi connectivity index (χ2n) is 10.4. The quantitative estimate of drug-likeness (QED) is 0.137. The van der Waals surface area contributed by atoms with Crippen LogP contribution in [-0.4, -0.2) is 70.5 Å². The fourth-order valence-electron chi connectivity index (χ4n) is 4.27. The number of aromatic nitrogens is 2. The van der Waals surface area contributed by atoms with Crippen molar-refractivity contribution in [1.82, 2.24) is 14.9 Å². The molecule has 13 heteroatoms. The van der Waals surface area contributed by atoms with Gasteiger partial charge in [0.2, 0.25) is 11.9 Å². The predicted octanol–water partition coefficient (Wildman–Crippen LogP) is 5.20. The molecule has 4 rings (SSSR count). The van der Waals surface area contributed by atoms with E-state index in [1.165, 1.54) is 18.2 Å². The van der Waals surface area contributed by atoms with Gasteiger partial charge in [-0.05, 0) is 57.4 Å². The molecule has 4 N–H and O–H groups in total. The van der Waals surface area contributed by atoms with E-state index in [0.29, 0.717) is 40.9 Å². The summed E-state index contributed by atoms with van der Waals surface area (Å²) in [5.74, 6) is 0.863. The molecule has 3 aromatic carbocycles. The molecule has 1 aromatic heterocycles. The van der Waals surface area contributed by atoms with Crippen LogP contribution in [0.1, 0.15) is 5.56 Å². The van der Waals surface area contributed by atoms with Crippen LogP contribution in [0.25, 0.3) is 0 Å².